The first-order chi connectivity index (χ1) is 13.1. The summed E-state index contributed by atoms with van der Waals surface area (Å²) < 4.78 is 10.4. The number of hydrogen-bond acceptors (Lipinski definition) is 4. The summed E-state index contributed by atoms with van der Waals surface area (Å²) in [4.78, 5) is 22.6. The van der Waals surface area contributed by atoms with Crippen molar-refractivity contribution in [3.63, 3.8) is 0 Å². The molecule has 0 radical (unpaired) electrons. The molecule has 0 N–H and O–H groups in total. The number of hydrogen-bond donors (Lipinski definition) is 0. The van der Waals surface area contributed by atoms with Crippen LogP contribution in [0.1, 0.15) is 90.4 Å². The van der Waals surface area contributed by atoms with E-state index >= 15 is 0 Å². The highest BCUT2D eigenvalue weighted by Gasteiger charge is 2.14. The first kappa shape index (κ1) is 26.9. The van der Waals surface area contributed by atoms with Crippen molar-refractivity contribution in [2.75, 3.05) is 23.9 Å². The molecule has 0 aromatic heterocycles. The van der Waals surface area contributed by atoms with Gasteiger partial charge in [-0.2, -0.15) is 0 Å². The summed E-state index contributed by atoms with van der Waals surface area (Å²) in [6.45, 7) is 2.89. The molecule has 0 fully saturated rings. The topological polar surface area (TPSA) is 52.6 Å². The molecular formula is C21H38Br2O4. The Kier molecular flexibility index (Phi) is 20.6. The van der Waals surface area contributed by atoms with Gasteiger partial charge in [0.25, 0.3) is 0 Å². The summed E-state index contributed by atoms with van der Waals surface area (Å²) >= 11 is 6.17. The van der Waals surface area contributed by atoms with Crippen molar-refractivity contribution >= 4 is 43.8 Å². The lowest BCUT2D eigenvalue weighted by Crippen LogP contribution is -2.21. The zero-order valence-corrected chi connectivity index (χ0v) is 20.2. The summed E-state index contributed by atoms with van der Waals surface area (Å²) in [5, 5.41) is 0.388. The first-order valence-electron chi connectivity index (χ1n) is 10.6. The van der Waals surface area contributed by atoms with Crippen molar-refractivity contribution in [3.05, 3.63) is 0 Å². The SMILES string of the molecule is CCCCCCCCCCCCCCC(COC(=O)CBr)COC(=O)CBr. The van der Waals surface area contributed by atoms with Gasteiger partial charge < -0.3 is 9.47 Å². The minimum Gasteiger partial charge on any atom is -0.465 e. The lowest BCUT2D eigenvalue weighted by atomic mass is 10.0. The van der Waals surface area contributed by atoms with Crippen molar-refractivity contribution in [1.29, 1.82) is 0 Å². The van der Waals surface area contributed by atoms with Gasteiger partial charge in [-0.05, 0) is 6.42 Å². The molecule has 0 atom stereocenters. The van der Waals surface area contributed by atoms with E-state index in [-0.39, 0.29) is 28.5 Å². The van der Waals surface area contributed by atoms with Crippen molar-refractivity contribution in [2.24, 2.45) is 5.92 Å². The van der Waals surface area contributed by atoms with E-state index in [2.05, 4.69) is 38.8 Å². The van der Waals surface area contributed by atoms with Crippen LogP contribution in [0.5, 0.6) is 0 Å². The van der Waals surface area contributed by atoms with Crippen molar-refractivity contribution in [1.82, 2.24) is 0 Å². The second kappa shape index (κ2) is 20.6. The highest BCUT2D eigenvalue weighted by Crippen LogP contribution is 2.15. The number of esters is 2. The van der Waals surface area contributed by atoms with Crippen LogP contribution in [-0.2, 0) is 19.1 Å². The van der Waals surface area contributed by atoms with Gasteiger partial charge in [0.05, 0.1) is 13.2 Å². The van der Waals surface area contributed by atoms with E-state index in [1.807, 2.05) is 0 Å². The largest absolute Gasteiger partial charge is 0.465 e. The molecule has 0 heterocycles. The normalized spacial score (nSPS) is 11.0. The molecule has 4 nitrogen and oxygen atoms in total. The van der Waals surface area contributed by atoms with Gasteiger partial charge in [-0.3, -0.25) is 9.59 Å². The molecule has 0 aromatic rings. The van der Waals surface area contributed by atoms with E-state index < -0.39 is 0 Å². The summed E-state index contributed by atoms with van der Waals surface area (Å²) in [7, 11) is 0. The molecule has 0 aliphatic rings. The maximum Gasteiger partial charge on any atom is 0.316 e. The zero-order chi connectivity index (χ0) is 20.2. The number of carbonyl (C=O) groups excluding carboxylic acids is 2. The second-order valence-electron chi connectivity index (χ2n) is 7.18. The maximum atomic E-state index is 11.3. The number of ether oxygens (including phenoxy) is 2. The molecule has 27 heavy (non-hydrogen) atoms. The fourth-order valence-corrected chi connectivity index (χ4v) is 3.31. The second-order valence-corrected chi connectivity index (χ2v) is 8.30. The van der Waals surface area contributed by atoms with Gasteiger partial charge in [0.1, 0.15) is 10.7 Å². The van der Waals surface area contributed by atoms with Crippen LogP contribution in [0.25, 0.3) is 0 Å². The minimum absolute atomic E-state index is 0.0825. The van der Waals surface area contributed by atoms with Gasteiger partial charge in [-0.15, -0.1) is 0 Å². The van der Waals surface area contributed by atoms with Crippen molar-refractivity contribution in [3.8, 4) is 0 Å². The minimum atomic E-state index is -0.276. The Labute approximate surface area is 182 Å². The average Bonchev–Trinajstić information content (AvgIpc) is 2.69. The van der Waals surface area contributed by atoms with E-state index in [0.29, 0.717) is 13.2 Å². The van der Waals surface area contributed by atoms with Crippen LogP contribution in [0.2, 0.25) is 0 Å². The lowest BCUT2D eigenvalue weighted by Gasteiger charge is -2.16. The van der Waals surface area contributed by atoms with Crippen molar-refractivity contribution in [2.45, 2.75) is 90.4 Å². The lowest BCUT2D eigenvalue weighted by molar-refractivity contribution is -0.145. The van der Waals surface area contributed by atoms with Crippen LogP contribution in [0.3, 0.4) is 0 Å². The Hall–Kier alpha value is -0.100. The average molecular weight is 514 g/mol. The summed E-state index contributed by atoms with van der Waals surface area (Å²) in [6, 6.07) is 0. The van der Waals surface area contributed by atoms with Crippen LogP contribution < -0.4 is 0 Å². The smallest absolute Gasteiger partial charge is 0.316 e. The van der Waals surface area contributed by atoms with Crippen LogP contribution in [0.15, 0.2) is 0 Å². The molecule has 0 bridgehead atoms. The van der Waals surface area contributed by atoms with Gasteiger partial charge in [-0.25, -0.2) is 0 Å². The number of halogens is 2. The predicted molar refractivity (Wildman–Crippen MR) is 119 cm³/mol. The standard InChI is InChI=1S/C21H38Br2O4/c1-2-3-4-5-6-7-8-9-10-11-12-13-14-19(17-26-20(24)15-22)18-27-21(25)16-23/h19H,2-18H2,1H3. The summed E-state index contributed by atoms with van der Waals surface area (Å²) in [6.07, 6.45) is 16.7. The van der Waals surface area contributed by atoms with Crippen LogP contribution in [-0.4, -0.2) is 35.8 Å². The molecule has 0 saturated carbocycles. The Morgan fingerprint density at radius 3 is 1.41 bits per heavy atom. The Morgan fingerprint density at radius 2 is 1.04 bits per heavy atom. The fraction of sp³-hybridized carbons (Fsp3) is 0.905. The fourth-order valence-electron chi connectivity index (χ4n) is 2.99. The van der Waals surface area contributed by atoms with E-state index in [0.717, 1.165) is 12.8 Å². The quantitative estimate of drug-likeness (QED) is 0.111. The van der Waals surface area contributed by atoms with Gasteiger partial charge in [0.15, 0.2) is 0 Å². The monoisotopic (exact) mass is 512 g/mol. The van der Waals surface area contributed by atoms with Gasteiger partial charge in [-0.1, -0.05) is 116 Å². The first-order valence-corrected chi connectivity index (χ1v) is 12.8. The van der Waals surface area contributed by atoms with E-state index in [4.69, 9.17) is 9.47 Å². The highest BCUT2D eigenvalue weighted by molar-refractivity contribution is 9.09. The molecule has 0 saturated heterocycles. The maximum absolute atomic E-state index is 11.3. The summed E-state index contributed by atoms with van der Waals surface area (Å²) in [5.41, 5.74) is 0. The number of carbonyl (C=O) groups is 2. The van der Waals surface area contributed by atoms with Gasteiger partial charge in [0, 0.05) is 5.92 Å². The third-order valence-corrected chi connectivity index (χ3v) is 5.56. The van der Waals surface area contributed by atoms with Gasteiger partial charge >= 0.3 is 11.9 Å². The van der Waals surface area contributed by atoms with E-state index in [1.54, 1.807) is 0 Å². The molecule has 0 rings (SSSR count). The van der Waals surface area contributed by atoms with E-state index in [1.165, 1.54) is 70.6 Å². The molecule has 0 spiro atoms. The molecule has 0 aromatic carbocycles. The van der Waals surface area contributed by atoms with Gasteiger partial charge in [0.2, 0.25) is 0 Å². The van der Waals surface area contributed by atoms with E-state index in [9.17, 15) is 9.59 Å². The molecular weight excluding hydrogens is 476 g/mol. The third-order valence-electron chi connectivity index (χ3n) is 4.64. The number of unbranched alkanes of at least 4 members (excludes halogenated alkanes) is 11. The molecule has 0 aliphatic heterocycles. The molecule has 0 unspecified atom stereocenters. The van der Waals surface area contributed by atoms with Crippen LogP contribution in [0, 0.1) is 5.92 Å². The Balaban J connectivity index is 3.69. The van der Waals surface area contributed by atoms with Crippen LogP contribution >= 0.6 is 31.9 Å². The summed E-state index contributed by atoms with van der Waals surface area (Å²) in [5.74, 6) is -0.470. The van der Waals surface area contributed by atoms with Crippen molar-refractivity contribution < 1.29 is 19.1 Å². The molecule has 0 amide bonds. The highest BCUT2D eigenvalue weighted by atomic mass is 79.9. The van der Waals surface area contributed by atoms with Crippen LogP contribution in [0.4, 0.5) is 0 Å². The zero-order valence-electron chi connectivity index (χ0n) is 17.0. The number of rotatable bonds is 19. The number of alkyl halides is 2. The Bertz CT molecular complexity index is 344. The molecule has 0 aliphatic carbocycles. The predicted octanol–water partition coefficient (Wildman–Crippen LogP) is 6.57. The third kappa shape index (κ3) is 19.0. The Morgan fingerprint density at radius 1 is 0.667 bits per heavy atom. The molecule has 160 valence electrons. The molecule has 6 heteroatoms.